The first kappa shape index (κ1) is 23.5. The van der Waals surface area contributed by atoms with E-state index in [1.807, 2.05) is 31.2 Å². The van der Waals surface area contributed by atoms with Gasteiger partial charge in [-0.15, -0.1) is 0 Å². The molecular weight excluding hydrogens is 388 g/mol. The van der Waals surface area contributed by atoms with Crippen molar-refractivity contribution in [1.29, 1.82) is 0 Å². The van der Waals surface area contributed by atoms with Crippen LogP contribution < -0.4 is 14.9 Å². The van der Waals surface area contributed by atoms with Crippen molar-refractivity contribution in [3.05, 3.63) is 29.8 Å². The quantitative estimate of drug-likeness (QED) is 0.374. The van der Waals surface area contributed by atoms with Gasteiger partial charge in [-0.25, -0.2) is 8.42 Å². The second kappa shape index (κ2) is 10.8. The third kappa shape index (κ3) is 6.09. The number of guanidine groups is 1. The fourth-order valence-corrected chi connectivity index (χ4v) is 5.17. The molecule has 3 N–H and O–H groups in total. The van der Waals surface area contributed by atoms with Crippen LogP contribution in [0, 0.1) is 5.41 Å². The molecule has 29 heavy (non-hydrogen) atoms. The molecule has 0 bridgehead atoms. The molecule has 8 heteroatoms. The summed E-state index contributed by atoms with van der Waals surface area (Å²) in [7, 11) is -3.39. The molecule has 0 saturated heterocycles. The predicted octanol–water partition coefficient (Wildman–Crippen LogP) is 2.12. The SMILES string of the molecule is CCNC(=NCC(CC)(CC)CCO)NCCS(=O)(=O)N1CCc2ccccc21. The van der Waals surface area contributed by atoms with Crippen LogP contribution in [-0.2, 0) is 16.4 Å². The molecule has 1 aliphatic rings. The average molecular weight is 425 g/mol. The molecule has 0 unspecified atom stereocenters. The fraction of sp³-hybridized carbons (Fsp3) is 0.667. The Hall–Kier alpha value is -1.80. The number of hydrogen-bond donors (Lipinski definition) is 3. The van der Waals surface area contributed by atoms with E-state index in [1.54, 1.807) is 0 Å². The van der Waals surface area contributed by atoms with Crippen molar-refractivity contribution in [3.8, 4) is 0 Å². The third-order valence-corrected chi connectivity index (χ3v) is 7.66. The normalized spacial score (nSPS) is 14.8. The fourth-order valence-electron chi connectivity index (χ4n) is 3.74. The van der Waals surface area contributed by atoms with Crippen molar-refractivity contribution in [2.24, 2.45) is 10.4 Å². The molecule has 0 amide bonds. The van der Waals surface area contributed by atoms with Gasteiger partial charge in [-0.2, -0.15) is 0 Å². The second-order valence-electron chi connectivity index (χ2n) is 7.57. The number of fused-ring (bicyclic) bond motifs is 1. The molecule has 0 atom stereocenters. The summed E-state index contributed by atoms with van der Waals surface area (Å²) in [6.45, 7) is 8.47. The number of aliphatic hydroxyl groups is 1. The first-order chi connectivity index (χ1) is 13.9. The number of aliphatic hydroxyl groups excluding tert-OH is 1. The molecule has 0 radical (unpaired) electrons. The number of aliphatic imine (C=N–C) groups is 1. The van der Waals surface area contributed by atoms with Gasteiger partial charge in [-0.05, 0) is 49.7 Å². The summed E-state index contributed by atoms with van der Waals surface area (Å²) in [6, 6.07) is 7.67. The van der Waals surface area contributed by atoms with E-state index in [9.17, 15) is 13.5 Å². The van der Waals surface area contributed by atoms with Crippen LogP contribution in [0.15, 0.2) is 29.3 Å². The van der Waals surface area contributed by atoms with Crippen molar-refractivity contribution in [2.75, 3.05) is 42.8 Å². The van der Waals surface area contributed by atoms with E-state index in [0.29, 0.717) is 32.0 Å². The molecule has 164 valence electrons. The van der Waals surface area contributed by atoms with E-state index in [1.165, 1.54) is 4.31 Å². The zero-order valence-electron chi connectivity index (χ0n) is 17.9. The highest BCUT2D eigenvalue weighted by atomic mass is 32.2. The maximum absolute atomic E-state index is 12.8. The number of nitrogens with one attached hydrogen (secondary N) is 2. The molecular formula is C21H36N4O3S. The standard InChI is InChI=1S/C21H36N4O3S/c1-4-21(5-2,12-15-26)17-24-20(22-6-3)23-13-16-29(27,28)25-14-11-18-9-7-8-10-19(18)25/h7-10,26H,4-6,11-17H2,1-3H3,(H2,22,23,24). The lowest BCUT2D eigenvalue weighted by molar-refractivity contribution is 0.175. The summed E-state index contributed by atoms with van der Waals surface area (Å²) in [5.41, 5.74) is 1.86. The van der Waals surface area contributed by atoms with Gasteiger partial charge in [0.2, 0.25) is 10.0 Å². The number of sulfonamides is 1. The Morgan fingerprint density at radius 1 is 1.21 bits per heavy atom. The Labute approximate surface area is 175 Å². The second-order valence-corrected chi connectivity index (χ2v) is 9.58. The lowest BCUT2D eigenvalue weighted by Crippen LogP contribution is -2.42. The largest absolute Gasteiger partial charge is 0.396 e. The van der Waals surface area contributed by atoms with E-state index in [-0.39, 0.29) is 24.3 Å². The van der Waals surface area contributed by atoms with Crippen LogP contribution in [0.4, 0.5) is 5.69 Å². The topological polar surface area (TPSA) is 94.0 Å². The molecule has 2 rings (SSSR count). The molecule has 1 aromatic carbocycles. The van der Waals surface area contributed by atoms with Crippen LogP contribution in [0.3, 0.4) is 0 Å². The van der Waals surface area contributed by atoms with E-state index >= 15 is 0 Å². The molecule has 7 nitrogen and oxygen atoms in total. The Morgan fingerprint density at radius 3 is 2.59 bits per heavy atom. The molecule has 1 heterocycles. The van der Waals surface area contributed by atoms with Crippen LogP contribution in [-0.4, -0.2) is 58.0 Å². The lowest BCUT2D eigenvalue weighted by atomic mass is 9.79. The van der Waals surface area contributed by atoms with Crippen molar-refractivity contribution in [2.45, 2.75) is 46.5 Å². The highest BCUT2D eigenvalue weighted by Gasteiger charge is 2.29. The summed E-state index contributed by atoms with van der Waals surface area (Å²) in [5, 5.41) is 15.7. The number of para-hydroxylation sites is 1. The van der Waals surface area contributed by atoms with Gasteiger partial charge in [0, 0.05) is 32.8 Å². The predicted molar refractivity (Wildman–Crippen MR) is 120 cm³/mol. The molecule has 0 spiro atoms. The van der Waals surface area contributed by atoms with E-state index < -0.39 is 10.0 Å². The summed E-state index contributed by atoms with van der Waals surface area (Å²) in [4.78, 5) is 4.67. The van der Waals surface area contributed by atoms with Gasteiger partial charge in [-0.3, -0.25) is 9.30 Å². The number of benzene rings is 1. The van der Waals surface area contributed by atoms with Crippen molar-refractivity contribution < 1.29 is 13.5 Å². The highest BCUT2D eigenvalue weighted by molar-refractivity contribution is 7.92. The van der Waals surface area contributed by atoms with Gasteiger partial charge in [0.05, 0.1) is 11.4 Å². The Balaban J connectivity index is 1.98. The van der Waals surface area contributed by atoms with Gasteiger partial charge >= 0.3 is 0 Å². The lowest BCUT2D eigenvalue weighted by Gasteiger charge is -2.29. The molecule has 1 aliphatic heterocycles. The Kier molecular flexibility index (Phi) is 8.77. The van der Waals surface area contributed by atoms with Crippen molar-refractivity contribution in [1.82, 2.24) is 10.6 Å². The Morgan fingerprint density at radius 2 is 1.93 bits per heavy atom. The third-order valence-electron chi connectivity index (χ3n) is 5.89. The molecule has 0 fully saturated rings. The van der Waals surface area contributed by atoms with Gasteiger partial charge in [0.1, 0.15) is 0 Å². The molecule has 0 aromatic heterocycles. The maximum atomic E-state index is 12.8. The summed E-state index contributed by atoms with van der Waals surface area (Å²) in [5.74, 6) is 0.628. The Bertz CT molecular complexity index is 776. The van der Waals surface area contributed by atoms with Crippen LogP contribution in [0.2, 0.25) is 0 Å². The highest BCUT2D eigenvalue weighted by Crippen LogP contribution is 2.31. The van der Waals surface area contributed by atoms with E-state index in [0.717, 1.165) is 30.5 Å². The first-order valence-corrected chi connectivity index (χ1v) is 12.2. The maximum Gasteiger partial charge on any atom is 0.236 e. The molecule has 0 aliphatic carbocycles. The smallest absolute Gasteiger partial charge is 0.236 e. The zero-order valence-corrected chi connectivity index (χ0v) is 18.8. The van der Waals surface area contributed by atoms with Crippen LogP contribution in [0.1, 0.15) is 45.6 Å². The van der Waals surface area contributed by atoms with Gasteiger partial charge in [0.25, 0.3) is 0 Å². The van der Waals surface area contributed by atoms with Crippen LogP contribution in [0.25, 0.3) is 0 Å². The zero-order chi connectivity index (χ0) is 21.3. The minimum atomic E-state index is -3.39. The van der Waals surface area contributed by atoms with Gasteiger partial charge < -0.3 is 15.7 Å². The number of anilines is 1. The minimum Gasteiger partial charge on any atom is -0.396 e. The number of hydrogen-bond acceptors (Lipinski definition) is 4. The van der Waals surface area contributed by atoms with Gasteiger partial charge in [0.15, 0.2) is 5.96 Å². The number of nitrogens with zero attached hydrogens (tertiary/aromatic N) is 2. The molecule has 0 saturated carbocycles. The first-order valence-electron chi connectivity index (χ1n) is 10.6. The number of rotatable bonds is 11. The summed E-state index contributed by atoms with van der Waals surface area (Å²) >= 11 is 0. The van der Waals surface area contributed by atoms with Gasteiger partial charge in [-0.1, -0.05) is 32.0 Å². The van der Waals surface area contributed by atoms with Crippen LogP contribution in [0.5, 0.6) is 0 Å². The van der Waals surface area contributed by atoms with E-state index in [4.69, 9.17) is 0 Å². The minimum absolute atomic E-state index is 0.00901. The summed E-state index contributed by atoms with van der Waals surface area (Å²) in [6.07, 6.45) is 3.35. The van der Waals surface area contributed by atoms with Crippen LogP contribution >= 0.6 is 0 Å². The van der Waals surface area contributed by atoms with Crippen molar-refractivity contribution in [3.63, 3.8) is 0 Å². The summed E-state index contributed by atoms with van der Waals surface area (Å²) < 4.78 is 27.2. The average Bonchev–Trinajstić information content (AvgIpc) is 3.16. The molecule has 1 aromatic rings. The monoisotopic (exact) mass is 424 g/mol. The van der Waals surface area contributed by atoms with E-state index in [2.05, 4.69) is 29.5 Å². The van der Waals surface area contributed by atoms with Crippen molar-refractivity contribution >= 4 is 21.7 Å².